The molecule has 13 nitrogen and oxygen atoms in total. The number of Topliss-reactive ketones (excluding diaryl/α,β-unsaturated/α-hetero) is 1. The standard InChI is InChI=1S/C29H39N5O3.C2H2O4.H2O/c1-22(35)30-23-12-13-27-26(21-23)28(36)25(29(37)34(27)16-8-14-31(2)3)11-7-15-32-17-19-33(20-18-32)24-9-5-4-6-10-24;3-1(4)2(5)6;/h4-6,9-10,12-13,21,25H,7-8,11,14-20H2,1-3H3,(H,30,35);(H,3,4)(H,5,6);1H2. The monoisotopic (exact) mass is 613 g/mol. The van der Waals surface area contributed by atoms with E-state index in [2.05, 4.69) is 44.3 Å². The Morgan fingerprint density at radius 1 is 0.909 bits per heavy atom. The average molecular weight is 614 g/mol. The van der Waals surface area contributed by atoms with Gasteiger partial charge in [-0.3, -0.25) is 19.3 Å². The van der Waals surface area contributed by atoms with E-state index in [9.17, 15) is 14.4 Å². The molecule has 0 bridgehead atoms. The molecule has 0 saturated carbocycles. The zero-order chi connectivity index (χ0) is 31.5. The van der Waals surface area contributed by atoms with E-state index in [4.69, 9.17) is 19.8 Å². The lowest BCUT2D eigenvalue weighted by atomic mass is 9.86. The van der Waals surface area contributed by atoms with Crippen molar-refractivity contribution in [2.24, 2.45) is 5.92 Å². The number of nitrogens with zero attached hydrogens (tertiary/aromatic N) is 4. The predicted octanol–water partition coefficient (Wildman–Crippen LogP) is 1.68. The Labute approximate surface area is 257 Å². The molecule has 2 heterocycles. The summed E-state index contributed by atoms with van der Waals surface area (Å²) in [7, 11) is 4.02. The Balaban J connectivity index is 0.000000877. The fraction of sp³-hybridized carbons (Fsp3) is 0.452. The van der Waals surface area contributed by atoms with Crippen LogP contribution in [0.2, 0.25) is 0 Å². The highest BCUT2D eigenvalue weighted by atomic mass is 16.4. The number of fused-ring (bicyclic) bond motifs is 1. The lowest BCUT2D eigenvalue weighted by Crippen LogP contribution is -2.47. The summed E-state index contributed by atoms with van der Waals surface area (Å²) >= 11 is 0. The van der Waals surface area contributed by atoms with Crippen molar-refractivity contribution in [2.45, 2.75) is 26.2 Å². The van der Waals surface area contributed by atoms with Crippen molar-refractivity contribution in [3.8, 4) is 0 Å². The molecule has 0 aromatic heterocycles. The first-order valence-corrected chi connectivity index (χ1v) is 14.4. The number of ketones is 1. The number of rotatable bonds is 10. The Bertz CT molecular complexity index is 1280. The van der Waals surface area contributed by atoms with Gasteiger partial charge in [0.15, 0.2) is 5.78 Å². The van der Waals surface area contributed by atoms with Gasteiger partial charge >= 0.3 is 11.9 Å². The van der Waals surface area contributed by atoms with E-state index in [0.29, 0.717) is 29.9 Å². The summed E-state index contributed by atoms with van der Waals surface area (Å²) in [4.78, 5) is 65.5. The molecule has 1 fully saturated rings. The van der Waals surface area contributed by atoms with Gasteiger partial charge in [0.05, 0.1) is 5.69 Å². The smallest absolute Gasteiger partial charge is 0.414 e. The molecule has 2 aromatic carbocycles. The molecular weight excluding hydrogens is 570 g/mol. The molecule has 44 heavy (non-hydrogen) atoms. The van der Waals surface area contributed by atoms with Crippen LogP contribution in [0.3, 0.4) is 0 Å². The van der Waals surface area contributed by atoms with Gasteiger partial charge in [0.1, 0.15) is 5.92 Å². The van der Waals surface area contributed by atoms with E-state index in [1.54, 1.807) is 23.1 Å². The number of anilines is 3. The molecule has 240 valence electrons. The highest BCUT2D eigenvalue weighted by Crippen LogP contribution is 2.35. The molecule has 2 aromatic rings. The maximum absolute atomic E-state index is 13.5. The molecule has 0 aliphatic carbocycles. The number of para-hydroxylation sites is 1. The van der Waals surface area contributed by atoms with Crippen LogP contribution >= 0.6 is 0 Å². The van der Waals surface area contributed by atoms with Crippen LogP contribution in [0, 0.1) is 5.92 Å². The third kappa shape index (κ3) is 10.1. The zero-order valence-corrected chi connectivity index (χ0v) is 25.5. The van der Waals surface area contributed by atoms with Gasteiger partial charge in [0.2, 0.25) is 11.8 Å². The number of benzene rings is 2. The maximum atomic E-state index is 13.5. The summed E-state index contributed by atoms with van der Waals surface area (Å²) in [5, 5.41) is 17.5. The molecule has 4 rings (SSSR count). The van der Waals surface area contributed by atoms with Gasteiger partial charge in [0, 0.05) is 56.6 Å². The largest absolute Gasteiger partial charge is 0.473 e. The van der Waals surface area contributed by atoms with Crippen molar-refractivity contribution in [1.82, 2.24) is 9.80 Å². The number of piperazine rings is 1. The van der Waals surface area contributed by atoms with E-state index in [-0.39, 0.29) is 23.1 Å². The molecule has 0 spiro atoms. The molecular formula is C31H43N5O8. The highest BCUT2D eigenvalue weighted by Gasteiger charge is 2.39. The van der Waals surface area contributed by atoms with Gasteiger partial charge in [-0.1, -0.05) is 18.2 Å². The molecule has 2 aliphatic rings. The topological polar surface area (TPSA) is 182 Å². The van der Waals surface area contributed by atoms with E-state index in [1.807, 2.05) is 20.2 Å². The molecule has 2 aliphatic heterocycles. The summed E-state index contributed by atoms with van der Waals surface area (Å²) in [6.07, 6.45) is 2.14. The summed E-state index contributed by atoms with van der Waals surface area (Å²) in [5.74, 6) is -4.75. The van der Waals surface area contributed by atoms with Gasteiger partial charge in [-0.25, -0.2) is 9.59 Å². The SMILES string of the molecule is CC(=O)Nc1ccc2c(c1)C(=O)C(CCCN1CCN(c3ccccc3)CC1)C(=O)N2CCCN(C)C.O.O=C(O)C(=O)O. The van der Waals surface area contributed by atoms with Gasteiger partial charge in [-0.05, 0) is 76.8 Å². The van der Waals surface area contributed by atoms with Crippen LogP contribution in [0.15, 0.2) is 48.5 Å². The Kier molecular flexibility index (Phi) is 13.9. The van der Waals surface area contributed by atoms with Crippen molar-refractivity contribution >= 4 is 46.6 Å². The predicted molar refractivity (Wildman–Crippen MR) is 167 cm³/mol. The van der Waals surface area contributed by atoms with E-state index < -0.39 is 17.9 Å². The number of amides is 2. The minimum atomic E-state index is -1.82. The molecule has 13 heteroatoms. The number of carbonyl (C=O) groups is 5. The molecule has 1 unspecified atom stereocenters. The lowest BCUT2D eigenvalue weighted by Gasteiger charge is -2.37. The fourth-order valence-corrected chi connectivity index (χ4v) is 5.27. The van der Waals surface area contributed by atoms with Crippen molar-refractivity contribution in [3.05, 3.63) is 54.1 Å². The minimum Gasteiger partial charge on any atom is -0.473 e. The fourth-order valence-electron chi connectivity index (χ4n) is 5.27. The Morgan fingerprint density at radius 2 is 1.55 bits per heavy atom. The molecule has 1 atom stereocenters. The number of nitrogens with one attached hydrogen (secondary N) is 1. The van der Waals surface area contributed by atoms with E-state index in [0.717, 1.165) is 52.1 Å². The number of aliphatic carboxylic acids is 2. The highest BCUT2D eigenvalue weighted by molar-refractivity contribution is 6.27. The third-order valence-electron chi connectivity index (χ3n) is 7.38. The molecule has 2 amide bonds. The second-order valence-electron chi connectivity index (χ2n) is 10.9. The summed E-state index contributed by atoms with van der Waals surface area (Å²) in [6, 6.07) is 15.7. The van der Waals surface area contributed by atoms with Crippen LogP contribution in [0.25, 0.3) is 0 Å². The van der Waals surface area contributed by atoms with Gasteiger partial charge in [-0.2, -0.15) is 0 Å². The first-order valence-electron chi connectivity index (χ1n) is 14.4. The van der Waals surface area contributed by atoms with Crippen molar-refractivity contribution in [3.63, 3.8) is 0 Å². The molecule has 5 N–H and O–H groups in total. The summed E-state index contributed by atoms with van der Waals surface area (Å²) in [6.45, 7) is 7.64. The second kappa shape index (κ2) is 17.1. The van der Waals surface area contributed by atoms with Gasteiger partial charge in [0.25, 0.3) is 0 Å². The van der Waals surface area contributed by atoms with Crippen LogP contribution in [-0.2, 0) is 19.2 Å². The van der Waals surface area contributed by atoms with Crippen LogP contribution in [0.1, 0.15) is 36.5 Å². The van der Waals surface area contributed by atoms with Crippen molar-refractivity contribution < 1.29 is 39.7 Å². The van der Waals surface area contributed by atoms with Crippen molar-refractivity contribution in [2.75, 3.05) is 75.0 Å². The first-order chi connectivity index (χ1) is 20.5. The van der Waals surface area contributed by atoms with E-state index >= 15 is 0 Å². The van der Waals surface area contributed by atoms with Crippen molar-refractivity contribution in [1.29, 1.82) is 0 Å². The Morgan fingerprint density at radius 3 is 2.11 bits per heavy atom. The van der Waals surface area contributed by atoms with Crippen LogP contribution in [0.4, 0.5) is 17.1 Å². The van der Waals surface area contributed by atoms with Gasteiger partial charge in [-0.15, -0.1) is 0 Å². The van der Waals surface area contributed by atoms with Crippen LogP contribution in [0.5, 0.6) is 0 Å². The molecule has 0 radical (unpaired) electrons. The number of carbonyl (C=O) groups excluding carboxylic acids is 3. The first kappa shape index (κ1) is 35.9. The summed E-state index contributed by atoms with van der Waals surface area (Å²) in [5.41, 5.74) is 3.01. The average Bonchev–Trinajstić information content (AvgIpc) is 2.97. The maximum Gasteiger partial charge on any atom is 0.414 e. The Hall–Kier alpha value is -4.33. The minimum absolute atomic E-state index is 0. The van der Waals surface area contributed by atoms with Gasteiger partial charge < -0.3 is 35.7 Å². The number of hydrogen-bond acceptors (Lipinski definition) is 8. The van der Waals surface area contributed by atoms with Crippen LogP contribution < -0.4 is 15.1 Å². The molecule has 1 saturated heterocycles. The quantitative estimate of drug-likeness (QED) is 0.263. The lowest BCUT2D eigenvalue weighted by molar-refractivity contribution is -0.159. The number of carboxylic acids is 2. The third-order valence-corrected chi connectivity index (χ3v) is 7.38. The number of hydrogen-bond donors (Lipinski definition) is 3. The zero-order valence-electron chi connectivity index (χ0n) is 25.5. The second-order valence-corrected chi connectivity index (χ2v) is 10.9. The normalized spacial score (nSPS) is 16.4. The summed E-state index contributed by atoms with van der Waals surface area (Å²) < 4.78 is 0. The van der Waals surface area contributed by atoms with Crippen LogP contribution in [-0.4, -0.2) is 115 Å². The number of carboxylic acid groups (broad SMARTS) is 2. The van der Waals surface area contributed by atoms with E-state index in [1.165, 1.54) is 12.6 Å².